The van der Waals surface area contributed by atoms with Crippen molar-refractivity contribution >= 4 is 32.9 Å². The first kappa shape index (κ1) is 9.53. The minimum atomic E-state index is -3.37. The van der Waals surface area contributed by atoms with Gasteiger partial charge in [-0.15, -0.1) is 4.40 Å². The molecule has 7 heteroatoms. The number of amidine groups is 1. The minimum Gasteiger partial charge on any atom is -0.304 e. The Hall–Kier alpha value is -0.560. The first-order valence-corrected chi connectivity index (χ1v) is 5.88. The van der Waals surface area contributed by atoms with Crippen LogP contribution in [0.2, 0.25) is 0 Å². The molecule has 0 bridgehead atoms. The molecule has 0 spiro atoms. The molecule has 0 atom stereocenters. The minimum absolute atomic E-state index is 0.0487. The highest BCUT2D eigenvalue weighted by atomic mass is 32.2. The average molecular weight is 208 g/mol. The van der Waals surface area contributed by atoms with Crippen LogP contribution >= 0.6 is 11.8 Å². The van der Waals surface area contributed by atoms with Gasteiger partial charge in [-0.05, 0) is 6.92 Å². The molecule has 1 saturated heterocycles. The Kier molecular flexibility index (Phi) is 2.73. The number of rotatable bonds is 2. The number of hydrogen-bond acceptors (Lipinski definition) is 4. The van der Waals surface area contributed by atoms with E-state index in [9.17, 15) is 13.2 Å². The summed E-state index contributed by atoms with van der Waals surface area (Å²) in [7, 11) is -3.37. The summed E-state index contributed by atoms with van der Waals surface area (Å²) < 4.78 is 25.2. The second-order valence-electron chi connectivity index (χ2n) is 2.10. The van der Waals surface area contributed by atoms with E-state index in [1.165, 1.54) is 6.92 Å². The molecule has 12 heavy (non-hydrogen) atoms. The zero-order chi connectivity index (χ0) is 9.19. The lowest BCUT2D eigenvalue weighted by Gasteiger charge is -1.94. The van der Waals surface area contributed by atoms with Crippen molar-refractivity contribution in [2.75, 3.05) is 11.5 Å². The van der Waals surface area contributed by atoms with Gasteiger partial charge in [-0.2, -0.15) is 0 Å². The fourth-order valence-corrected chi connectivity index (χ4v) is 2.07. The number of carbonyl (C=O) groups is 1. The molecular weight excluding hydrogens is 200 g/mol. The van der Waals surface area contributed by atoms with Gasteiger partial charge in [-0.25, -0.2) is 8.42 Å². The molecule has 0 saturated carbocycles. The fourth-order valence-electron chi connectivity index (χ4n) is 0.565. The van der Waals surface area contributed by atoms with Gasteiger partial charge in [-0.3, -0.25) is 4.79 Å². The van der Waals surface area contributed by atoms with Crippen LogP contribution in [0.1, 0.15) is 6.92 Å². The summed E-state index contributed by atoms with van der Waals surface area (Å²) in [5.74, 6) is -0.00425. The zero-order valence-corrected chi connectivity index (χ0v) is 8.04. The van der Waals surface area contributed by atoms with Gasteiger partial charge in [-0.1, -0.05) is 11.8 Å². The van der Waals surface area contributed by atoms with E-state index in [0.717, 1.165) is 11.8 Å². The molecule has 1 fully saturated rings. The van der Waals surface area contributed by atoms with E-state index < -0.39 is 10.0 Å². The summed E-state index contributed by atoms with van der Waals surface area (Å²) in [4.78, 5) is 10.6. The summed E-state index contributed by atoms with van der Waals surface area (Å²) in [6.07, 6.45) is 0. The molecule has 0 aromatic rings. The Morgan fingerprint density at radius 2 is 2.33 bits per heavy atom. The molecule has 1 aliphatic rings. The summed E-state index contributed by atoms with van der Waals surface area (Å²) in [5, 5.41) is 2.52. The van der Waals surface area contributed by atoms with E-state index in [4.69, 9.17) is 0 Å². The standard InChI is InChI=1S/C5H8N2O3S2/c1-2-12(9,10)7-5-6-4(8)3-11-5/h2-3H2,1H3,(H,6,7,8). The number of amides is 1. The number of thioether (sulfide) groups is 1. The third kappa shape index (κ3) is 2.49. The van der Waals surface area contributed by atoms with Gasteiger partial charge in [0.05, 0.1) is 11.5 Å². The third-order valence-electron chi connectivity index (χ3n) is 1.17. The molecule has 1 rings (SSSR count). The number of carbonyl (C=O) groups excluding carboxylic acids is 1. The molecule has 1 heterocycles. The number of nitrogens with zero attached hydrogens (tertiary/aromatic N) is 1. The van der Waals surface area contributed by atoms with Gasteiger partial charge in [0.15, 0.2) is 5.17 Å². The Balaban J connectivity index is 2.77. The lowest BCUT2D eigenvalue weighted by molar-refractivity contribution is -0.116. The molecule has 0 unspecified atom stereocenters. The van der Waals surface area contributed by atoms with Crippen LogP contribution in [0.5, 0.6) is 0 Å². The molecule has 1 amide bonds. The zero-order valence-electron chi connectivity index (χ0n) is 6.40. The predicted octanol–water partition coefficient (Wildman–Crippen LogP) is -0.445. The van der Waals surface area contributed by atoms with Crippen molar-refractivity contribution in [2.45, 2.75) is 6.92 Å². The first-order valence-electron chi connectivity index (χ1n) is 3.29. The molecule has 1 aliphatic heterocycles. The van der Waals surface area contributed by atoms with Crippen LogP contribution < -0.4 is 5.32 Å². The van der Waals surface area contributed by atoms with E-state index in [0.29, 0.717) is 0 Å². The second kappa shape index (κ2) is 3.44. The van der Waals surface area contributed by atoms with Crippen LogP contribution in [0.4, 0.5) is 0 Å². The summed E-state index contributed by atoms with van der Waals surface area (Å²) in [5.41, 5.74) is 0. The largest absolute Gasteiger partial charge is 0.304 e. The Morgan fingerprint density at radius 1 is 1.67 bits per heavy atom. The molecule has 0 aliphatic carbocycles. The lowest BCUT2D eigenvalue weighted by Crippen LogP contribution is -2.21. The monoisotopic (exact) mass is 208 g/mol. The maximum atomic E-state index is 10.9. The molecule has 5 nitrogen and oxygen atoms in total. The van der Waals surface area contributed by atoms with Crippen molar-refractivity contribution in [1.29, 1.82) is 0 Å². The van der Waals surface area contributed by atoms with Gasteiger partial charge in [0.2, 0.25) is 5.91 Å². The number of sulfonamides is 1. The van der Waals surface area contributed by atoms with E-state index in [1.807, 2.05) is 0 Å². The normalized spacial score (nSPS) is 21.4. The molecule has 0 radical (unpaired) electrons. The summed E-state index contributed by atoms with van der Waals surface area (Å²) in [6, 6.07) is 0. The van der Waals surface area contributed by atoms with Gasteiger partial charge < -0.3 is 5.32 Å². The predicted molar refractivity (Wildman–Crippen MR) is 47.5 cm³/mol. The average Bonchev–Trinajstić information content (AvgIpc) is 2.35. The van der Waals surface area contributed by atoms with Gasteiger partial charge in [0.25, 0.3) is 10.0 Å². The third-order valence-corrected chi connectivity index (χ3v) is 3.35. The molecule has 1 N–H and O–H groups in total. The first-order chi connectivity index (χ1) is 5.53. The van der Waals surface area contributed by atoms with Gasteiger partial charge in [0.1, 0.15) is 0 Å². The highest BCUT2D eigenvalue weighted by Crippen LogP contribution is 2.10. The van der Waals surface area contributed by atoms with Crippen molar-refractivity contribution in [3.63, 3.8) is 0 Å². The lowest BCUT2D eigenvalue weighted by atomic mass is 10.7. The highest BCUT2D eigenvalue weighted by molar-refractivity contribution is 8.15. The molecular formula is C5H8N2O3S2. The van der Waals surface area contributed by atoms with Crippen LogP contribution in [-0.4, -0.2) is 31.0 Å². The highest BCUT2D eigenvalue weighted by Gasteiger charge is 2.18. The van der Waals surface area contributed by atoms with Crippen molar-refractivity contribution in [2.24, 2.45) is 4.40 Å². The van der Waals surface area contributed by atoms with Gasteiger partial charge in [0, 0.05) is 0 Å². The maximum Gasteiger partial charge on any atom is 0.255 e. The van der Waals surface area contributed by atoms with Crippen LogP contribution in [0.25, 0.3) is 0 Å². The van der Waals surface area contributed by atoms with Crippen LogP contribution in [0.15, 0.2) is 4.40 Å². The summed E-state index contributed by atoms with van der Waals surface area (Å²) >= 11 is 1.10. The Morgan fingerprint density at radius 3 is 2.75 bits per heavy atom. The fraction of sp³-hybridized carbons (Fsp3) is 0.600. The molecule has 68 valence electrons. The van der Waals surface area contributed by atoms with Crippen LogP contribution in [0.3, 0.4) is 0 Å². The molecule has 0 aromatic heterocycles. The van der Waals surface area contributed by atoms with E-state index in [1.54, 1.807) is 0 Å². The second-order valence-corrected chi connectivity index (χ2v) is 4.99. The summed E-state index contributed by atoms with van der Waals surface area (Å²) in [6.45, 7) is 1.50. The number of hydrogen-bond donors (Lipinski definition) is 1. The number of nitrogens with one attached hydrogen (secondary N) is 1. The maximum absolute atomic E-state index is 10.9. The molecule has 0 aromatic carbocycles. The topological polar surface area (TPSA) is 75.6 Å². The van der Waals surface area contributed by atoms with Crippen LogP contribution in [0, 0.1) is 0 Å². The Labute approximate surface area is 74.7 Å². The van der Waals surface area contributed by atoms with Gasteiger partial charge >= 0.3 is 0 Å². The Bertz CT molecular complexity index is 320. The quantitative estimate of drug-likeness (QED) is 0.667. The van der Waals surface area contributed by atoms with E-state index >= 15 is 0 Å². The van der Waals surface area contributed by atoms with Crippen molar-refractivity contribution in [3.05, 3.63) is 0 Å². The van der Waals surface area contributed by atoms with Crippen molar-refractivity contribution in [1.82, 2.24) is 5.32 Å². The van der Waals surface area contributed by atoms with E-state index in [-0.39, 0.29) is 22.6 Å². The van der Waals surface area contributed by atoms with Crippen molar-refractivity contribution < 1.29 is 13.2 Å². The van der Waals surface area contributed by atoms with E-state index in [2.05, 4.69) is 9.71 Å². The van der Waals surface area contributed by atoms with Crippen LogP contribution in [-0.2, 0) is 14.8 Å². The smallest absolute Gasteiger partial charge is 0.255 e. The van der Waals surface area contributed by atoms with Crippen molar-refractivity contribution in [3.8, 4) is 0 Å². The SMILES string of the molecule is CCS(=O)(=O)/N=C1/NC(=O)CS1.